The average molecular weight is 339 g/mol. The van der Waals surface area contributed by atoms with E-state index in [9.17, 15) is 4.79 Å². The number of aromatic nitrogens is 3. The minimum Gasteiger partial charge on any atom is -0.399 e. The standard InChI is InChI=1S/C17H17N5OS/c1-11(23)20-15(10-12-5-7-13(18)8-6-12)17-22-21-16(24-17)14-4-2-3-9-19-14/h2-9,15H,10,18H2,1H3,(H,20,23). The molecule has 0 spiro atoms. The first-order chi connectivity index (χ1) is 11.6. The Balaban J connectivity index is 1.84. The SMILES string of the molecule is CC(=O)NC(Cc1ccc(N)cc1)c1nnc(-c2ccccn2)s1. The molecule has 1 aromatic carbocycles. The van der Waals surface area contributed by atoms with Gasteiger partial charge in [0.05, 0.1) is 6.04 Å². The van der Waals surface area contributed by atoms with Crippen LogP contribution >= 0.6 is 11.3 Å². The van der Waals surface area contributed by atoms with Gasteiger partial charge in [-0.25, -0.2) is 0 Å². The molecule has 24 heavy (non-hydrogen) atoms. The molecule has 0 saturated carbocycles. The maximum atomic E-state index is 11.6. The van der Waals surface area contributed by atoms with Crippen LogP contribution in [0.1, 0.15) is 23.5 Å². The molecule has 7 heteroatoms. The monoisotopic (exact) mass is 339 g/mol. The van der Waals surface area contributed by atoms with Gasteiger partial charge in [0.15, 0.2) is 5.01 Å². The molecule has 3 N–H and O–H groups in total. The molecule has 1 atom stereocenters. The number of carbonyl (C=O) groups is 1. The van der Waals surface area contributed by atoms with E-state index in [0.717, 1.165) is 21.3 Å². The van der Waals surface area contributed by atoms with Crippen molar-refractivity contribution < 1.29 is 4.79 Å². The summed E-state index contributed by atoms with van der Waals surface area (Å²) < 4.78 is 0. The predicted octanol–water partition coefficient (Wildman–Crippen LogP) is 2.60. The molecule has 6 nitrogen and oxygen atoms in total. The summed E-state index contributed by atoms with van der Waals surface area (Å²) in [6.07, 6.45) is 2.34. The summed E-state index contributed by atoms with van der Waals surface area (Å²) in [5.41, 5.74) is 8.27. The Bertz CT molecular complexity index is 817. The van der Waals surface area contributed by atoms with Gasteiger partial charge in [-0.05, 0) is 36.2 Å². The van der Waals surface area contributed by atoms with E-state index in [0.29, 0.717) is 12.1 Å². The van der Waals surface area contributed by atoms with Crippen molar-refractivity contribution in [3.05, 3.63) is 59.2 Å². The summed E-state index contributed by atoms with van der Waals surface area (Å²) in [6, 6.07) is 13.0. The number of rotatable bonds is 5. The molecule has 3 aromatic rings. The van der Waals surface area contributed by atoms with E-state index in [-0.39, 0.29) is 11.9 Å². The van der Waals surface area contributed by atoms with E-state index in [1.807, 2.05) is 42.5 Å². The number of pyridine rings is 1. The molecule has 0 fully saturated rings. The summed E-state index contributed by atoms with van der Waals surface area (Å²) in [5.74, 6) is -0.106. The van der Waals surface area contributed by atoms with E-state index in [1.54, 1.807) is 6.20 Å². The lowest BCUT2D eigenvalue weighted by Crippen LogP contribution is -2.27. The van der Waals surface area contributed by atoms with Gasteiger partial charge in [0.1, 0.15) is 10.7 Å². The highest BCUT2D eigenvalue weighted by atomic mass is 32.1. The van der Waals surface area contributed by atoms with Crippen molar-refractivity contribution in [3.63, 3.8) is 0 Å². The van der Waals surface area contributed by atoms with Crippen molar-refractivity contribution >= 4 is 22.9 Å². The lowest BCUT2D eigenvalue weighted by molar-refractivity contribution is -0.119. The number of hydrogen-bond donors (Lipinski definition) is 2. The van der Waals surface area contributed by atoms with Crippen LogP contribution in [-0.2, 0) is 11.2 Å². The van der Waals surface area contributed by atoms with Crippen LogP contribution in [0.5, 0.6) is 0 Å². The van der Waals surface area contributed by atoms with Gasteiger partial charge in [0, 0.05) is 18.8 Å². The van der Waals surface area contributed by atoms with Crippen molar-refractivity contribution in [1.29, 1.82) is 0 Å². The van der Waals surface area contributed by atoms with Crippen LogP contribution in [0.15, 0.2) is 48.7 Å². The number of carbonyl (C=O) groups excluding carboxylic acids is 1. The zero-order chi connectivity index (χ0) is 16.9. The van der Waals surface area contributed by atoms with Gasteiger partial charge in [-0.2, -0.15) is 0 Å². The molecule has 2 aromatic heterocycles. The van der Waals surface area contributed by atoms with Crippen LogP contribution in [0.25, 0.3) is 10.7 Å². The fraction of sp³-hybridized carbons (Fsp3) is 0.176. The van der Waals surface area contributed by atoms with Crippen molar-refractivity contribution in [3.8, 4) is 10.7 Å². The summed E-state index contributed by atoms with van der Waals surface area (Å²) in [7, 11) is 0. The predicted molar refractivity (Wildman–Crippen MR) is 94.3 cm³/mol. The first-order valence-electron chi connectivity index (χ1n) is 7.48. The van der Waals surface area contributed by atoms with Gasteiger partial charge in [-0.15, -0.1) is 10.2 Å². The Labute approximate surface area is 143 Å². The van der Waals surface area contributed by atoms with Crippen molar-refractivity contribution in [2.75, 3.05) is 5.73 Å². The van der Waals surface area contributed by atoms with Crippen molar-refractivity contribution in [1.82, 2.24) is 20.5 Å². The maximum absolute atomic E-state index is 11.6. The molecule has 3 rings (SSSR count). The summed E-state index contributed by atoms with van der Waals surface area (Å²) in [4.78, 5) is 15.8. The van der Waals surface area contributed by atoms with Gasteiger partial charge in [0.25, 0.3) is 0 Å². The van der Waals surface area contributed by atoms with E-state index >= 15 is 0 Å². The van der Waals surface area contributed by atoms with Crippen LogP contribution in [0, 0.1) is 0 Å². The highest BCUT2D eigenvalue weighted by Gasteiger charge is 2.19. The van der Waals surface area contributed by atoms with Gasteiger partial charge in [-0.1, -0.05) is 29.5 Å². The van der Waals surface area contributed by atoms with Crippen LogP contribution in [-0.4, -0.2) is 21.1 Å². The van der Waals surface area contributed by atoms with Gasteiger partial charge >= 0.3 is 0 Å². The third kappa shape index (κ3) is 3.94. The summed E-state index contributed by atoms with van der Waals surface area (Å²) in [5, 5.41) is 12.9. The summed E-state index contributed by atoms with van der Waals surface area (Å²) in [6.45, 7) is 1.50. The van der Waals surface area contributed by atoms with E-state index in [1.165, 1.54) is 18.3 Å². The molecule has 1 unspecified atom stereocenters. The number of nitrogens with one attached hydrogen (secondary N) is 1. The lowest BCUT2D eigenvalue weighted by atomic mass is 10.1. The topological polar surface area (TPSA) is 93.8 Å². The molecule has 1 amide bonds. The van der Waals surface area contributed by atoms with Crippen LogP contribution in [0.3, 0.4) is 0 Å². The van der Waals surface area contributed by atoms with Crippen molar-refractivity contribution in [2.45, 2.75) is 19.4 Å². The third-order valence-corrected chi connectivity index (χ3v) is 4.48. The zero-order valence-electron chi connectivity index (χ0n) is 13.1. The van der Waals surface area contributed by atoms with Gasteiger partial charge in [-0.3, -0.25) is 9.78 Å². The Hall–Kier alpha value is -2.80. The second kappa shape index (κ2) is 7.18. The number of amides is 1. The number of benzene rings is 1. The van der Waals surface area contributed by atoms with E-state index in [2.05, 4.69) is 20.5 Å². The molecule has 0 aliphatic heterocycles. The average Bonchev–Trinajstić information content (AvgIpc) is 3.07. The second-order valence-electron chi connectivity index (χ2n) is 5.36. The number of nitrogens with two attached hydrogens (primary N) is 1. The van der Waals surface area contributed by atoms with E-state index < -0.39 is 0 Å². The third-order valence-electron chi connectivity index (χ3n) is 3.42. The number of anilines is 1. The highest BCUT2D eigenvalue weighted by Crippen LogP contribution is 2.27. The van der Waals surface area contributed by atoms with Crippen LogP contribution in [0.4, 0.5) is 5.69 Å². The molecular weight excluding hydrogens is 322 g/mol. The number of hydrogen-bond acceptors (Lipinski definition) is 6. The van der Waals surface area contributed by atoms with Crippen LogP contribution < -0.4 is 11.1 Å². The molecule has 0 radical (unpaired) electrons. The Morgan fingerprint density at radius 3 is 2.67 bits per heavy atom. The maximum Gasteiger partial charge on any atom is 0.217 e. The molecule has 0 aliphatic carbocycles. The summed E-state index contributed by atoms with van der Waals surface area (Å²) >= 11 is 1.43. The van der Waals surface area contributed by atoms with Gasteiger partial charge in [0.2, 0.25) is 5.91 Å². The van der Waals surface area contributed by atoms with Crippen LogP contribution in [0.2, 0.25) is 0 Å². The fourth-order valence-corrected chi connectivity index (χ4v) is 3.17. The lowest BCUT2D eigenvalue weighted by Gasteiger charge is -2.15. The molecule has 0 bridgehead atoms. The Morgan fingerprint density at radius 1 is 1.21 bits per heavy atom. The number of nitrogens with zero attached hydrogens (tertiary/aromatic N) is 3. The first kappa shape index (κ1) is 16.1. The Kier molecular flexibility index (Phi) is 4.81. The highest BCUT2D eigenvalue weighted by molar-refractivity contribution is 7.14. The molecule has 0 aliphatic rings. The quantitative estimate of drug-likeness (QED) is 0.697. The minimum absolute atomic E-state index is 0.106. The second-order valence-corrected chi connectivity index (χ2v) is 6.37. The Morgan fingerprint density at radius 2 is 2.00 bits per heavy atom. The molecular formula is C17H17N5OS. The zero-order valence-corrected chi connectivity index (χ0v) is 14.0. The fourth-order valence-electron chi connectivity index (χ4n) is 2.30. The smallest absolute Gasteiger partial charge is 0.217 e. The minimum atomic E-state index is -0.235. The first-order valence-corrected chi connectivity index (χ1v) is 8.30. The largest absolute Gasteiger partial charge is 0.399 e. The van der Waals surface area contributed by atoms with E-state index in [4.69, 9.17) is 5.73 Å². The molecule has 2 heterocycles. The van der Waals surface area contributed by atoms with Crippen molar-refractivity contribution in [2.24, 2.45) is 0 Å². The number of nitrogen functional groups attached to an aromatic ring is 1. The van der Waals surface area contributed by atoms with Gasteiger partial charge < -0.3 is 11.1 Å². The molecule has 0 saturated heterocycles. The normalized spacial score (nSPS) is 11.9. The molecule has 122 valence electrons.